The van der Waals surface area contributed by atoms with E-state index in [-0.39, 0.29) is 0 Å². The summed E-state index contributed by atoms with van der Waals surface area (Å²) in [5.74, 6) is 1.96. The highest BCUT2D eigenvalue weighted by molar-refractivity contribution is 5.17. The third-order valence-electron chi connectivity index (χ3n) is 4.23. The molecule has 4 heteroatoms. The minimum Gasteiger partial charge on any atom is -0.468 e. The van der Waals surface area contributed by atoms with Gasteiger partial charge < -0.3 is 14.6 Å². The molecule has 0 aliphatic carbocycles. The van der Waals surface area contributed by atoms with E-state index in [0.29, 0.717) is 6.04 Å². The molecule has 1 aliphatic rings. The Morgan fingerprint density at radius 1 is 1.33 bits per heavy atom. The molecular weight excluding hydrogens is 262 g/mol. The SMILES string of the molecule is CC(C)NCc1occc1CN1CCC(CN(C)C)CC1. The van der Waals surface area contributed by atoms with Crippen LogP contribution in [0.25, 0.3) is 0 Å². The van der Waals surface area contributed by atoms with Gasteiger partial charge in [0.1, 0.15) is 5.76 Å². The van der Waals surface area contributed by atoms with Gasteiger partial charge in [-0.25, -0.2) is 0 Å². The number of rotatable bonds is 7. The van der Waals surface area contributed by atoms with Crippen LogP contribution < -0.4 is 5.32 Å². The fraction of sp³-hybridized carbons (Fsp3) is 0.765. The molecular formula is C17H31N3O. The lowest BCUT2D eigenvalue weighted by Crippen LogP contribution is -2.36. The molecule has 0 amide bonds. The maximum atomic E-state index is 5.63. The molecule has 1 aliphatic heterocycles. The summed E-state index contributed by atoms with van der Waals surface area (Å²) in [7, 11) is 4.34. The Morgan fingerprint density at radius 2 is 2.05 bits per heavy atom. The van der Waals surface area contributed by atoms with Crippen LogP contribution in [0.1, 0.15) is 38.0 Å². The molecule has 0 saturated carbocycles. The number of nitrogens with zero attached hydrogens (tertiary/aromatic N) is 2. The first-order chi connectivity index (χ1) is 10.0. The summed E-state index contributed by atoms with van der Waals surface area (Å²) in [5, 5.41) is 3.44. The van der Waals surface area contributed by atoms with Gasteiger partial charge in [-0.15, -0.1) is 0 Å². The fourth-order valence-electron chi connectivity index (χ4n) is 3.04. The Bertz CT molecular complexity index is 406. The quantitative estimate of drug-likeness (QED) is 0.837. The van der Waals surface area contributed by atoms with Crippen LogP contribution in [0.2, 0.25) is 0 Å². The van der Waals surface area contributed by atoms with Gasteiger partial charge in [-0.3, -0.25) is 4.90 Å². The molecule has 2 rings (SSSR count). The number of piperidine rings is 1. The van der Waals surface area contributed by atoms with Crippen molar-refractivity contribution in [3.63, 3.8) is 0 Å². The Labute approximate surface area is 129 Å². The minimum atomic E-state index is 0.490. The topological polar surface area (TPSA) is 31.7 Å². The van der Waals surface area contributed by atoms with Crippen molar-refractivity contribution in [1.29, 1.82) is 0 Å². The van der Waals surface area contributed by atoms with Gasteiger partial charge in [0.15, 0.2) is 0 Å². The predicted molar refractivity (Wildman–Crippen MR) is 87.2 cm³/mol. The van der Waals surface area contributed by atoms with Crippen LogP contribution in [-0.4, -0.2) is 49.6 Å². The predicted octanol–water partition coefficient (Wildman–Crippen LogP) is 2.55. The van der Waals surface area contributed by atoms with Gasteiger partial charge in [-0.2, -0.15) is 0 Å². The van der Waals surface area contributed by atoms with E-state index in [1.807, 2.05) is 6.26 Å². The summed E-state index contributed by atoms with van der Waals surface area (Å²) in [4.78, 5) is 4.88. The Balaban J connectivity index is 1.79. The number of hydrogen-bond acceptors (Lipinski definition) is 4. The lowest BCUT2D eigenvalue weighted by molar-refractivity contribution is 0.156. The average Bonchev–Trinajstić information content (AvgIpc) is 2.85. The molecule has 1 aromatic rings. The van der Waals surface area contributed by atoms with Crippen molar-refractivity contribution in [2.75, 3.05) is 33.7 Å². The fourth-order valence-corrected chi connectivity index (χ4v) is 3.04. The van der Waals surface area contributed by atoms with E-state index in [0.717, 1.165) is 24.8 Å². The smallest absolute Gasteiger partial charge is 0.122 e. The van der Waals surface area contributed by atoms with E-state index < -0.39 is 0 Å². The van der Waals surface area contributed by atoms with Crippen molar-refractivity contribution < 1.29 is 4.42 Å². The third kappa shape index (κ3) is 5.46. The van der Waals surface area contributed by atoms with Crippen LogP contribution in [0.5, 0.6) is 0 Å². The van der Waals surface area contributed by atoms with E-state index in [1.165, 1.54) is 38.0 Å². The summed E-state index contributed by atoms with van der Waals surface area (Å²) in [6, 6.07) is 2.62. The van der Waals surface area contributed by atoms with Gasteiger partial charge in [0.05, 0.1) is 12.8 Å². The minimum absolute atomic E-state index is 0.490. The molecule has 4 nitrogen and oxygen atoms in total. The Hall–Kier alpha value is -0.840. The van der Waals surface area contributed by atoms with Crippen LogP contribution in [0, 0.1) is 5.92 Å². The van der Waals surface area contributed by atoms with Crippen LogP contribution in [-0.2, 0) is 13.1 Å². The Morgan fingerprint density at radius 3 is 2.67 bits per heavy atom. The third-order valence-corrected chi connectivity index (χ3v) is 4.23. The van der Waals surface area contributed by atoms with Gasteiger partial charge in [-0.1, -0.05) is 13.8 Å². The zero-order valence-corrected chi connectivity index (χ0v) is 14.1. The van der Waals surface area contributed by atoms with E-state index in [4.69, 9.17) is 4.42 Å². The number of nitrogens with one attached hydrogen (secondary N) is 1. The molecule has 21 heavy (non-hydrogen) atoms. The zero-order valence-electron chi connectivity index (χ0n) is 14.1. The monoisotopic (exact) mass is 293 g/mol. The number of hydrogen-bond donors (Lipinski definition) is 1. The second kappa shape index (κ2) is 7.97. The van der Waals surface area contributed by atoms with E-state index >= 15 is 0 Å². The average molecular weight is 293 g/mol. The normalized spacial score (nSPS) is 18.0. The highest BCUT2D eigenvalue weighted by Gasteiger charge is 2.20. The molecule has 1 saturated heterocycles. The molecule has 1 fully saturated rings. The molecule has 0 bridgehead atoms. The zero-order chi connectivity index (χ0) is 15.2. The van der Waals surface area contributed by atoms with E-state index in [9.17, 15) is 0 Å². The summed E-state index contributed by atoms with van der Waals surface area (Å²) in [5.41, 5.74) is 1.34. The molecule has 1 aromatic heterocycles. The summed E-state index contributed by atoms with van der Waals surface area (Å²) in [6.07, 6.45) is 4.46. The van der Waals surface area contributed by atoms with Gasteiger partial charge >= 0.3 is 0 Å². The van der Waals surface area contributed by atoms with Crippen LogP contribution in [0.3, 0.4) is 0 Å². The molecule has 0 unspecified atom stereocenters. The molecule has 0 aromatic carbocycles. The van der Waals surface area contributed by atoms with Gasteiger partial charge in [0.25, 0.3) is 0 Å². The largest absolute Gasteiger partial charge is 0.468 e. The standard InChI is InChI=1S/C17H31N3O/c1-14(2)18-11-17-16(7-10-21-17)13-20-8-5-15(6-9-20)12-19(3)4/h7,10,14-15,18H,5-6,8-9,11-13H2,1-4H3. The molecule has 2 heterocycles. The maximum Gasteiger partial charge on any atom is 0.122 e. The van der Waals surface area contributed by atoms with Crippen molar-refractivity contribution >= 4 is 0 Å². The maximum absolute atomic E-state index is 5.63. The van der Waals surface area contributed by atoms with Crippen molar-refractivity contribution in [2.24, 2.45) is 5.92 Å². The molecule has 120 valence electrons. The second-order valence-corrected chi connectivity index (χ2v) is 6.89. The van der Waals surface area contributed by atoms with Gasteiger partial charge in [-0.05, 0) is 52.0 Å². The summed E-state index contributed by atoms with van der Waals surface area (Å²) in [6.45, 7) is 9.83. The number of furan rings is 1. The molecule has 0 spiro atoms. The van der Waals surface area contributed by atoms with Crippen molar-refractivity contribution in [3.05, 3.63) is 23.7 Å². The van der Waals surface area contributed by atoms with Crippen molar-refractivity contribution in [3.8, 4) is 0 Å². The number of likely N-dealkylation sites (tertiary alicyclic amines) is 1. The van der Waals surface area contributed by atoms with Crippen LogP contribution in [0.15, 0.2) is 16.7 Å². The van der Waals surface area contributed by atoms with Gasteiger partial charge in [0, 0.05) is 24.7 Å². The lowest BCUT2D eigenvalue weighted by atomic mass is 9.96. The highest BCUT2D eigenvalue weighted by atomic mass is 16.3. The first-order valence-corrected chi connectivity index (χ1v) is 8.20. The second-order valence-electron chi connectivity index (χ2n) is 6.89. The van der Waals surface area contributed by atoms with Crippen molar-refractivity contribution in [1.82, 2.24) is 15.1 Å². The van der Waals surface area contributed by atoms with E-state index in [1.54, 1.807) is 0 Å². The molecule has 1 N–H and O–H groups in total. The van der Waals surface area contributed by atoms with Crippen LogP contribution in [0.4, 0.5) is 0 Å². The summed E-state index contributed by atoms with van der Waals surface area (Å²) >= 11 is 0. The summed E-state index contributed by atoms with van der Waals surface area (Å²) < 4.78 is 5.63. The van der Waals surface area contributed by atoms with Crippen LogP contribution >= 0.6 is 0 Å². The van der Waals surface area contributed by atoms with Gasteiger partial charge in [0.2, 0.25) is 0 Å². The highest BCUT2D eigenvalue weighted by Crippen LogP contribution is 2.21. The molecule has 0 atom stereocenters. The first kappa shape index (κ1) is 16.5. The lowest BCUT2D eigenvalue weighted by Gasteiger charge is -2.33. The Kier molecular flexibility index (Phi) is 6.27. The van der Waals surface area contributed by atoms with Crippen molar-refractivity contribution in [2.45, 2.75) is 45.8 Å². The first-order valence-electron chi connectivity index (χ1n) is 8.20. The molecule has 0 radical (unpaired) electrons. The van der Waals surface area contributed by atoms with E-state index in [2.05, 4.69) is 49.1 Å².